The van der Waals surface area contributed by atoms with Gasteiger partial charge in [-0.25, -0.2) is 4.79 Å². The smallest absolute Gasteiger partial charge is 0.335 e. The second kappa shape index (κ2) is 37.2. The van der Waals surface area contributed by atoms with Gasteiger partial charge in [0.2, 0.25) is 0 Å². The number of allylic oxidation sites excluding steroid dienone is 8. The number of carboxylic acids is 1. The zero-order chi connectivity index (χ0) is 42.5. The quantitative estimate of drug-likeness (QED) is 0.0267. The Morgan fingerprint density at radius 3 is 1.50 bits per heavy atom. The highest BCUT2D eigenvalue weighted by molar-refractivity contribution is 5.73. The Kier molecular flexibility index (Phi) is 34.1. The van der Waals surface area contributed by atoms with Crippen LogP contribution in [0.2, 0.25) is 0 Å². The summed E-state index contributed by atoms with van der Waals surface area (Å²) in [5, 5.41) is 39.8. The van der Waals surface area contributed by atoms with Gasteiger partial charge in [-0.3, -0.25) is 9.59 Å². The van der Waals surface area contributed by atoms with Crippen LogP contribution in [0.5, 0.6) is 0 Å². The maximum Gasteiger partial charge on any atom is 0.335 e. The van der Waals surface area contributed by atoms with Crippen LogP contribution >= 0.6 is 0 Å². The summed E-state index contributed by atoms with van der Waals surface area (Å²) in [6.07, 6.45) is 34.5. The van der Waals surface area contributed by atoms with Crippen molar-refractivity contribution >= 4 is 17.9 Å². The number of aliphatic hydroxyl groups is 3. The topological polar surface area (TPSA) is 169 Å². The fraction of sp³-hybridized carbons (Fsp3) is 0.766. The molecule has 11 heteroatoms. The molecule has 0 aromatic heterocycles. The number of aliphatic hydroxyl groups excluding tert-OH is 3. The minimum atomic E-state index is -1.86. The van der Waals surface area contributed by atoms with E-state index in [0.29, 0.717) is 12.8 Å². The predicted octanol–water partition coefficient (Wildman–Crippen LogP) is 9.76. The molecule has 1 fully saturated rings. The van der Waals surface area contributed by atoms with Crippen LogP contribution in [0.1, 0.15) is 181 Å². The Bertz CT molecular complexity index is 1150. The van der Waals surface area contributed by atoms with Crippen molar-refractivity contribution < 1.29 is 53.8 Å². The summed E-state index contributed by atoms with van der Waals surface area (Å²) in [5.41, 5.74) is 0. The standard InChI is InChI=1S/C47H80O11/c1-3-5-7-9-11-13-15-17-18-19-20-21-22-24-25-27-29-31-33-35-40(48)55-37-39(38-56-47-44(52)42(50)43(51)45(58-47)46(53)54)57-41(49)36-34-32-30-28-26-23-16-14-12-10-8-6-4-2/h8,10-11,13-14,16-18,39,42-45,47,50-52H,3-7,9,12,15,19-38H2,1-2H3,(H,53,54)/b10-8-,13-11-,16-14-,18-17-. The van der Waals surface area contributed by atoms with Crippen LogP contribution in [0.25, 0.3) is 0 Å². The number of carboxylic acid groups (broad SMARTS) is 1. The van der Waals surface area contributed by atoms with E-state index in [0.717, 1.165) is 83.5 Å². The molecule has 0 aromatic carbocycles. The average molecular weight is 821 g/mol. The third-order valence-electron chi connectivity index (χ3n) is 10.1. The number of aliphatic carboxylic acids is 1. The third kappa shape index (κ3) is 28.6. The third-order valence-corrected chi connectivity index (χ3v) is 10.1. The first kappa shape index (κ1) is 53.2. The van der Waals surface area contributed by atoms with E-state index in [-0.39, 0.29) is 19.4 Å². The van der Waals surface area contributed by atoms with Crippen molar-refractivity contribution in [2.24, 2.45) is 0 Å². The Hall–Kier alpha value is -2.83. The van der Waals surface area contributed by atoms with E-state index in [2.05, 4.69) is 62.5 Å². The van der Waals surface area contributed by atoms with Crippen molar-refractivity contribution in [2.75, 3.05) is 13.2 Å². The van der Waals surface area contributed by atoms with Gasteiger partial charge >= 0.3 is 17.9 Å². The lowest BCUT2D eigenvalue weighted by Crippen LogP contribution is -2.60. The first-order valence-electron chi connectivity index (χ1n) is 22.7. The van der Waals surface area contributed by atoms with E-state index in [1.54, 1.807) is 0 Å². The summed E-state index contributed by atoms with van der Waals surface area (Å²) in [5.74, 6) is -2.47. The maximum atomic E-state index is 12.7. The van der Waals surface area contributed by atoms with E-state index in [4.69, 9.17) is 18.9 Å². The molecule has 0 amide bonds. The molecule has 1 rings (SSSR count). The fourth-order valence-electron chi connectivity index (χ4n) is 6.53. The summed E-state index contributed by atoms with van der Waals surface area (Å²) < 4.78 is 21.7. The summed E-state index contributed by atoms with van der Waals surface area (Å²) in [6.45, 7) is 3.70. The van der Waals surface area contributed by atoms with Crippen molar-refractivity contribution in [1.82, 2.24) is 0 Å². The molecule has 0 radical (unpaired) electrons. The van der Waals surface area contributed by atoms with E-state index in [1.807, 2.05) is 0 Å². The van der Waals surface area contributed by atoms with Crippen LogP contribution < -0.4 is 0 Å². The van der Waals surface area contributed by atoms with Gasteiger partial charge in [-0.05, 0) is 70.6 Å². The molecule has 1 saturated heterocycles. The van der Waals surface area contributed by atoms with Crippen molar-refractivity contribution in [2.45, 2.75) is 218 Å². The first-order chi connectivity index (χ1) is 28.2. The fourth-order valence-corrected chi connectivity index (χ4v) is 6.53. The van der Waals surface area contributed by atoms with Gasteiger partial charge in [-0.2, -0.15) is 0 Å². The number of ether oxygens (including phenoxy) is 4. The molecule has 334 valence electrons. The number of carbonyl (C=O) groups is 3. The highest BCUT2D eigenvalue weighted by Gasteiger charge is 2.47. The molecule has 0 saturated carbocycles. The van der Waals surface area contributed by atoms with Gasteiger partial charge < -0.3 is 39.4 Å². The van der Waals surface area contributed by atoms with Crippen LogP contribution in [-0.4, -0.2) is 88.4 Å². The van der Waals surface area contributed by atoms with Crippen LogP contribution in [-0.2, 0) is 33.3 Å². The van der Waals surface area contributed by atoms with E-state index in [9.17, 15) is 34.8 Å². The van der Waals surface area contributed by atoms with Crippen LogP contribution in [0.15, 0.2) is 48.6 Å². The lowest BCUT2D eigenvalue weighted by atomic mass is 9.99. The second-order valence-corrected chi connectivity index (χ2v) is 15.5. The number of hydrogen-bond acceptors (Lipinski definition) is 10. The Balaban J connectivity index is 2.35. The number of carbonyl (C=O) groups excluding carboxylic acids is 2. The first-order valence-corrected chi connectivity index (χ1v) is 22.7. The molecule has 6 unspecified atom stereocenters. The zero-order valence-corrected chi connectivity index (χ0v) is 36.0. The molecule has 0 spiro atoms. The van der Waals surface area contributed by atoms with Crippen molar-refractivity contribution in [1.29, 1.82) is 0 Å². The molecule has 0 aliphatic carbocycles. The summed E-state index contributed by atoms with van der Waals surface area (Å²) in [7, 11) is 0. The highest BCUT2D eigenvalue weighted by Crippen LogP contribution is 2.23. The normalized spacial score (nSPS) is 20.5. The summed E-state index contributed by atoms with van der Waals surface area (Å²) >= 11 is 0. The van der Waals surface area contributed by atoms with Gasteiger partial charge in [0.15, 0.2) is 18.5 Å². The van der Waals surface area contributed by atoms with Gasteiger partial charge in [0, 0.05) is 12.8 Å². The minimum absolute atomic E-state index is 0.164. The van der Waals surface area contributed by atoms with E-state index in [1.165, 1.54) is 57.8 Å². The van der Waals surface area contributed by atoms with Crippen molar-refractivity contribution in [3.8, 4) is 0 Å². The Morgan fingerprint density at radius 1 is 0.534 bits per heavy atom. The van der Waals surface area contributed by atoms with Gasteiger partial charge in [0.05, 0.1) is 6.61 Å². The summed E-state index contributed by atoms with van der Waals surface area (Å²) in [4.78, 5) is 36.8. The molecule has 1 aliphatic heterocycles. The zero-order valence-electron chi connectivity index (χ0n) is 36.0. The molecule has 11 nitrogen and oxygen atoms in total. The van der Waals surface area contributed by atoms with Crippen LogP contribution in [0, 0.1) is 0 Å². The van der Waals surface area contributed by atoms with Crippen molar-refractivity contribution in [3.63, 3.8) is 0 Å². The average Bonchev–Trinajstić information content (AvgIpc) is 3.21. The monoisotopic (exact) mass is 821 g/mol. The SMILES string of the molecule is CCC/C=C\C/C=C\CCCCCCCC(=O)OC(COC(=O)CCCCCCCCCCC/C=C\C/C=C\CCCCC)COC1OC(C(=O)O)C(O)C(O)C1O. The second-order valence-electron chi connectivity index (χ2n) is 15.5. The molecular weight excluding hydrogens is 741 g/mol. The van der Waals surface area contributed by atoms with Gasteiger partial charge in [-0.15, -0.1) is 0 Å². The molecule has 1 heterocycles. The molecule has 1 aliphatic rings. The molecule has 6 atom stereocenters. The Labute approximate surface area is 350 Å². The largest absolute Gasteiger partial charge is 0.479 e. The Morgan fingerprint density at radius 2 is 1.00 bits per heavy atom. The number of esters is 2. The van der Waals surface area contributed by atoms with Gasteiger partial charge in [0.1, 0.15) is 24.9 Å². The number of unbranched alkanes of at least 4 members (excludes halogenated alkanes) is 18. The van der Waals surface area contributed by atoms with Crippen molar-refractivity contribution in [3.05, 3.63) is 48.6 Å². The van der Waals surface area contributed by atoms with E-state index < -0.39 is 61.3 Å². The molecular formula is C47H80O11. The number of hydrogen-bond donors (Lipinski definition) is 4. The van der Waals surface area contributed by atoms with Gasteiger partial charge in [-0.1, -0.05) is 146 Å². The lowest BCUT2D eigenvalue weighted by Gasteiger charge is -2.38. The lowest BCUT2D eigenvalue weighted by molar-refractivity contribution is -0.298. The van der Waals surface area contributed by atoms with Gasteiger partial charge in [0.25, 0.3) is 0 Å². The van der Waals surface area contributed by atoms with Crippen LogP contribution in [0.4, 0.5) is 0 Å². The molecule has 0 bridgehead atoms. The highest BCUT2D eigenvalue weighted by atomic mass is 16.7. The molecule has 4 N–H and O–H groups in total. The molecule has 0 aromatic rings. The minimum Gasteiger partial charge on any atom is -0.479 e. The summed E-state index contributed by atoms with van der Waals surface area (Å²) in [6, 6.07) is 0. The maximum absolute atomic E-state index is 12.7. The predicted molar refractivity (Wildman–Crippen MR) is 229 cm³/mol. The van der Waals surface area contributed by atoms with E-state index >= 15 is 0 Å². The molecule has 58 heavy (non-hydrogen) atoms. The number of rotatable bonds is 37. The van der Waals surface area contributed by atoms with Crippen LogP contribution in [0.3, 0.4) is 0 Å².